The first kappa shape index (κ1) is 18.9. The number of ether oxygens (including phenoxy) is 1. The van der Waals surface area contributed by atoms with Crippen LogP contribution >= 0.6 is 12.4 Å². The minimum absolute atomic E-state index is 0. The summed E-state index contributed by atoms with van der Waals surface area (Å²) < 4.78 is 4.93. The fourth-order valence-electron chi connectivity index (χ4n) is 1.85. The number of hydrogen-bond donors (Lipinski definition) is 1. The summed E-state index contributed by atoms with van der Waals surface area (Å²) in [5.74, 6) is 0.148. The summed E-state index contributed by atoms with van der Waals surface area (Å²) in [4.78, 5) is 13.9. The van der Waals surface area contributed by atoms with Gasteiger partial charge in [-0.05, 0) is 18.9 Å². The molecule has 20 heavy (non-hydrogen) atoms. The Labute approximate surface area is 127 Å². The van der Waals surface area contributed by atoms with E-state index in [9.17, 15) is 4.79 Å². The Bertz CT molecular complexity index is 360. The maximum atomic E-state index is 12.0. The first-order valence-electron chi connectivity index (χ1n) is 6.79. The highest BCUT2D eigenvalue weighted by Gasteiger charge is 2.10. The molecule has 0 aliphatic heterocycles. The lowest BCUT2D eigenvalue weighted by atomic mass is 10.1. The Kier molecular flexibility index (Phi) is 11.1. The van der Waals surface area contributed by atoms with Gasteiger partial charge in [-0.3, -0.25) is 4.79 Å². The van der Waals surface area contributed by atoms with Crippen LogP contribution in [0.1, 0.15) is 12.5 Å². The van der Waals surface area contributed by atoms with Crippen LogP contribution in [-0.2, 0) is 16.0 Å². The molecule has 0 bridgehead atoms. The molecule has 1 amide bonds. The molecule has 1 N–H and O–H groups in total. The zero-order valence-electron chi connectivity index (χ0n) is 12.3. The zero-order valence-corrected chi connectivity index (χ0v) is 13.1. The van der Waals surface area contributed by atoms with Crippen LogP contribution in [0, 0.1) is 0 Å². The third-order valence-corrected chi connectivity index (χ3v) is 3.01. The normalized spacial score (nSPS) is 9.90. The third-order valence-electron chi connectivity index (χ3n) is 3.01. The number of benzene rings is 1. The Morgan fingerprint density at radius 2 is 2.00 bits per heavy atom. The van der Waals surface area contributed by atoms with E-state index in [1.165, 1.54) is 5.56 Å². The van der Waals surface area contributed by atoms with Crippen LogP contribution in [0.4, 0.5) is 0 Å². The number of halogens is 1. The van der Waals surface area contributed by atoms with Crippen LogP contribution in [0.5, 0.6) is 0 Å². The van der Waals surface area contributed by atoms with Gasteiger partial charge in [-0.1, -0.05) is 30.3 Å². The SMILES string of the molecule is CCN(CCc1ccccc1)C(=O)CNCCOC.Cl. The van der Waals surface area contributed by atoms with E-state index in [-0.39, 0.29) is 18.3 Å². The van der Waals surface area contributed by atoms with E-state index in [2.05, 4.69) is 17.4 Å². The predicted octanol–water partition coefficient (Wildman–Crippen LogP) is 1.74. The standard InChI is InChI=1S/C15H24N2O2.ClH/c1-3-17(15(18)13-16-10-12-19-2)11-9-14-7-5-4-6-8-14;/h4-8,16H,3,9-13H2,1-2H3;1H. The van der Waals surface area contributed by atoms with Crippen molar-refractivity contribution in [1.82, 2.24) is 10.2 Å². The van der Waals surface area contributed by atoms with E-state index < -0.39 is 0 Å². The van der Waals surface area contributed by atoms with Gasteiger partial charge in [0.15, 0.2) is 0 Å². The number of amides is 1. The monoisotopic (exact) mass is 300 g/mol. The van der Waals surface area contributed by atoms with Crippen molar-refractivity contribution in [1.29, 1.82) is 0 Å². The molecule has 1 aromatic carbocycles. The highest BCUT2D eigenvalue weighted by Crippen LogP contribution is 2.01. The van der Waals surface area contributed by atoms with E-state index in [1.54, 1.807) is 7.11 Å². The molecule has 5 heteroatoms. The molecule has 0 aliphatic rings. The van der Waals surface area contributed by atoms with E-state index in [0.29, 0.717) is 19.7 Å². The number of rotatable bonds is 9. The lowest BCUT2D eigenvalue weighted by Crippen LogP contribution is -2.40. The van der Waals surface area contributed by atoms with Crippen LogP contribution in [0.25, 0.3) is 0 Å². The molecule has 0 fully saturated rings. The van der Waals surface area contributed by atoms with Crippen molar-refractivity contribution in [2.75, 3.05) is 39.9 Å². The molecule has 4 nitrogen and oxygen atoms in total. The van der Waals surface area contributed by atoms with Crippen LogP contribution in [-0.4, -0.2) is 50.7 Å². The predicted molar refractivity (Wildman–Crippen MR) is 84.4 cm³/mol. The summed E-state index contributed by atoms with van der Waals surface area (Å²) in [5.41, 5.74) is 1.26. The molecule has 1 aromatic rings. The molecule has 0 atom stereocenters. The Morgan fingerprint density at radius 1 is 1.30 bits per heavy atom. The Hall–Kier alpha value is -1.10. The number of hydrogen-bond acceptors (Lipinski definition) is 3. The number of nitrogens with one attached hydrogen (secondary N) is 1. The van der Waals surface area contributed by atoms with Crippen molar-refractivity contribution in [2.45, 2.75) is 13.3 Å². The van der Waals surface area contributed by atoms with Crippen LogP contribution in [0.15, 0.2) is 30.3 Å². The average Bonchev–Trinajstić information content (AvgIpc) is 2.45. The van der Waals surface area contributed by atoms with Gasteiger partial charge in [0.25, 0.3) is 0 Å². The summed E-state index contributed by atoms with van der Waals surface area (Å²) in [6.07, 6.45) is 0.901. The van der Waals surface area contributed by atoms with Gasteiger partial charge in [0.05, 0.1) is 13.2 Å². The van der Waals surface area contributed by atoms with Gasteiger partial charge in [-0.25, -0.2) is 0 Å². The third kappa shape index (κ3) is 7.48. The second-order valence-corrected chi connectivity index (χ2v) is 4.38. The quantitative estimate of drug-likeness (QED) is 0.706. The molecule has 0 spiro atoms. The number of methoxy groups -OCH3 is 1. The number of carbonyl (C=O) groups is 1. The lowest BCUT2D eigenvalue weighted by molar-refractivity contribution is -0.130. The summed E-state index contributed by atoms with van der Waals surface area (Å²) in [5, 5.41) is 3.08. The molecule has 0 saturated carbocycles. The molecular weight excluding hydrogens is 276 g/mol. The van der Waals surface area contributed by atoms with Crippen LogP contribution in [0.3, 0.4) is 0 Å². The molecule has 1 rings (SSSR count). The van der Waals surface area contributed by atoms with Crippen molar-refractivity contribution in [3.05, 3.63) is 35.9 Å². The number of likely N-dealkylation sites (N-methyl/N-ethyl adjacent to an activating group) is 1. The zero-order chi connectivity index (χ0) is 13.9. The molecule has 0 unspecified atom stereocenters. The van der Waals surface area contributed by atoms with Crippen molar-refractivity contribution in [3.63, 3.8) is 0 Å². The highest BCUT2D eigenvalue weighted by atomic mass is 35.5. The molecule has 0 aliphatic carbocycles. The first-order valence-corrected chi connectivity index (χ1v) is 6.79. The van der Waals surface area contributed by atoms with Crippen molar-refractivity contribution in [2.24, 2.45) is 0 Å². The van der Waals surface area contributed by atoms with Gasteiger partial charge < -0.3 is 15.0 Å². The van der Waals surface area contributed by atoms with Gasteiger partial charge >= 0.3 is 0 Å². The molecular formula is C15H25ClN2O2. The minimum atomic E-state index is 0. The van der Waals surface area contributed by atoms with Crippen LogP contribution < -0.4 is 5.32 Å². The second-order valence-electron chi connectivity index (χ2n) is 4.38. The van der Waals surface area contributed by atoms with Crippen LogP contribution in [0.2, 0.25) is 0 Å². The smallest absolute Gasteiger partial charge is 0.236 e. The topological polar surface area (TPSA) is 41.6 Å². The number of nitrogens with zero attached hydrogens (tertiary/aromatic N) is 1. The fourth-order valence-corrected chi connectivity index (χ4v) is 1.85. The first-order chi connectivity index (χ1) is 9.27. The minimum Gasteiger partial charge on any atom is -0.383 e. The van der Waals surface area contributed by atoms with Gasteiger partial charge in [-0.2, -0.15) is 0 Å². The van der Waals surface area contributed by atoms with Crippen molar-refractivity contribution >= 4 is 18.3 Å². The van der Waals surface area contributed by atoms with E-state index in [1.807, 2.05) is 30.0 Å². The lowest BCUT2D eigenvalue weighted by Gasteiger charge is -2.21. The second kappa shape index (κ2) is 11.7. The van der Waals surface area contributed by atoms with Gasteiger partial charge in [0.2, 0.25) is 5.91 Å². The summed E-state index contributed by atoms with van der Waals surface area (Å²) in [6, 6.07) is 10.2. The van der Waals surface area contributed by atoms with Gasteiger partial charge in [0, 0.05) is 26.7 Å². The Balaban J connectivity index is 0.00000361. The maximum Gasteiger partial charge on any atom is 0.236 e. The van der Waals surface area contributed by atoms with E-state index in [0.717, 1.165) is 19.5 Å². The van der Waals surface area contributed by atoms with E-state index >= 15 is 0 Å². The summed E-state index contributed by atoms with van der Waals surface area (Å²) >= 11 is 0. The van der Waals surface area contributed by atoms with Crippen molar-refractivity contribution in [3.8, 4) is 0 Å². The highest BCUT2D eigenvalue weighted by molar-refractivity contribution is 5.85. The molecule has 0 heterocycles. The largest absolute Gasteiger partial charge is 0.383 e. The van der Waals surface area contributed by atoms with Crippen molar-refractivity contribution < 1.29 is 9.53 Å². The summed E-state index contributed by atoms with van der Waals surface area (Å²) in [6.45, 7) is 5.24. The molecule has 0 saturated heterocycles. The van der Waals surface area contributed by atoms with E-state index in [4.69, 9.17) is 4.74 Å². The van der Waals surface area contributed by atoms with Gasteiger partial charge in [-0.15, -0.1) is 12.4 Å². The molecule has 114 valence electrons. The van der Waals surface area contributed by atoms with Gasteiger partial charge in [0.1, 0.15) is 0 Å². The number of carbonyl (C=O) groups excluding carboxylic acids is 1. The Morgan fingerprint density at radius 3 is 2.60 bits per heavy atom. The summed E-state index contributed by atoms with van der Waals surface area (Å²) in [7, 11) is 1.65. The average molecular weight is 301 g/mol. The molecule has 0 radical (unpaired) electrons. The maximum absolute atomic E-state index is 12.0. The molecule has 0 aromatic heterocycles. The fraction of sp³-hybridized carbons (Fsp3) is 0.533.